The summed E-state index contributed by atoms with van der Waals surface area (Å²) in [6, 6.07) is 16.7. The quantitative estimate of drug-likeness (QED) is 0.750. The van der Waals surface area contributed by atoms with E-state index < -0.39 is 0 Å². The highest BCUT2D eigenvalue weighted by Gasteiger charge is 2.46. The second-order valence-electron chi connectivity index (χ2n) is 9.77. The van der Waals surface area contributed by atoms with Crippen LogP contribution in [0.3, 0.4) is 0 Å². The Hall–Kier alpha value is -1.84. The molecule has 0 N–H and O–H groups in total. The Balaban J connectivity index is 1.15. The summed E-state index contributed by atoms with van der Waals surface area (Å²) < 4.78 is 6.64. The van der Waals surface area contributed by atoms with Gasteiger partial charge in [0, 0.05) is 51.5 Å². The summed E-state index contributed by atoms with van der Waals surface area (Å²) in [6.07, 6.45) is 8.84. The normalized spacial score (nSPS) is 29.2. The third-order valence-corrected chi connectivity index (χ3v) is 7.79. The Bertz CT molecular complexity index is 909. The molecule has 29 heavy (non-hydrogen) atoms. The van der Waals surface area contributed by atoms with Crippen molar-refractivity contribution in [1.29, 1.82) is 0 Å². The predicted molar refractivity (Wildman–Crippen MR) is 116 cm³/mol. The van der Waals surface area contributed by atoms with Gasteiger partial charge in [0.2, 0.25) is 0 Å². The van der Waals surface area contributed by atoms with Crippen molar-refractivity contribution in [2.24, 2.45) is 0 Å². The van der Waals surface area contributed by atoms with E-state index in [0.29, 0.717) is 0 Å². The van der Waals surface area contributed by atoms with Gasteiger partial charge in [0.25, 0.3) is 0 Å². The highest BCUT2D eigenvalue weighted by atomic mass is 16.5. The van der Waals surface area contributed by atoms with Gasteiger partial charge >= 0.3 is 0 Å². The number of hydrogen-bond donors (Lipinski definition) is 0. The summed E-state index contributed by atoms with van der Waals surface area (Å²) in [5.74, 6) is 1.15. The third-order valence-electron chi connectivity index (χ3n) is 7.79. The molecule has 0 amide bonds. The molecule has 3 nitrogen and oxygen atoms in total. The minimum absolute atomic E-state index is 0.0729. The molecule has 4 heterocycles. The first-order chi connectivity index (χ1) is 14.3. The van der Waals surface area contributed by atoms with E-state index in [0.717, 1.165) is 37.8 Å². The zero-order valence-corrected chi connectivity index (χ0v) is 17.4. The maximum absolute atomic E-state index is 6.64. The smallest absolute Gasteiger partial charge is 0.123 e. The topological polar surface area (TPSA) is 15.7 Å². The number of piperidine rings is 2. The van der Waals surface area contributed by atoms with Gasteiger partial charge < -0.3 is 9.64 Å². The van der Waals surface area contributed by atoms with Crippen molar-refractivity contribution >= 4 is 0 Å². The Morgan fingerprint density at radius 2 is 1.90 bits per heavy atom. The highest BCUT2D eigenvalue weighted by molar-refractivity contribution is 5.43. The lowest BCUT2D eigenvalue weighted by Crippen LogP contribution is -2.54. The van der Waals surface area contributed by atoms with Crippen molar-refractivity contribution in [3.63, 3.8) is 0 Å². The van der Waals surface area contributed by atoms with Crippen LogP contribution >= 0.6 is 0 Å². The second kappa shape index (κ2) is 7.14. The van der Waals surface area contributed by atoms with Crippen LogP contribution in [0, 0.1) is 0 Å². The number of hydrogen-bond acceptors (Lipinski definition) is 3. The van der Waals surface area contributed by atoms with Gasteiger partial charge in [-0.25, -0.2) is 0 Å². The van der Waals surface area contributed by atoms with Crippen molar-refractivity contribution in [2.75, 3.05) is 19.6 Å². The van der Waals surface area contributed by atoms with E-state index >= 15 is 0 Å². The summed E-state index contributed by atoms with van der Waals surface area (Å²) in [5, 5.41) is 0. The second-order valence-corrected chi connectivity index (χ2v) is 9.77. The molecule has 2 aromatic carbocycles. The molecule has 4 aliphatic rings. The minimum Gasteiger partial charge on any atom is -0.487 e. The van der Waals surface area contributed by atoms with E-state index in [-0.39, 0.29) is 5.60 Å². The number of ether oxygens (including phenoxy) is 1. The summed E-state index contributed by atoms with van der Waals surface area (Å²) >= 11 is 0. The largest absolute Gasteiger partial charge is 0.487 e. The molecule has 2 aromatic rings. The molecule has 0 aliphatic carbocycles. The fourth-order valence-electron chi connectivity index (χ4n) is 6.25. The van der Waals surface area contributed by atoms with Crippen molar-refractivity contribution < 1.29 is 4.74 Å². The molecule has 0 saturated carbocycles. The highest BCUT2D eigenvalue weighted by Crippen LogP contribution is 2.44. The SMILES string of the molecule is c1ccc2c(c1)CCN(Cc1ccc3c(c1)CC1(CCN4CCCCC4C1)O3)C2. The Labute approximate surface area is 174 Å². The first-order valence-corrected chi connectivity index (χ1v) is 11.6. The van der Waals surface area contributed by atoms with Crippen molar-refractivity contribution in [2.45, 2.75) is 69.7 Å². The van der Waals surface area contributed by atoms with Gasteiger partial charge in [-0.15, -0.1) is 0 Å². The van der Waals surface area contributed by atoms with E-state index in [1.807, 2.05) is 0 Å². The van der Waals surface area contributed by atoms with Crippen LogP contribution in [-0.2, 0) is 25.9 Å². The molecular weight excluding hydrogens is 356 g/mol. The van der Waals surface area contributed by atoms with Crippen LogP contribution in [0.15, 0.2) is 42.5 Å². The average molecular weight is 389 g/mol. The van der Waals surface area contributed by atoms with Gasteiger partial charge in [0.05, 0.1) is 0 Å². The van der Waals surface area contributed by atoms with Crippen molar-refractivity contribution in [3.05, 3.63) is 64.7 Å². The molecule has 4 aliphatic heterocycles. The van der Waals surface area contributed by atoms with Crippen LogP contribution in [0.25, 0.3) is 0 Å². The standard InChI is InChI=1S/C26H32N2O/c1-2-6-22-19-27(13-10-21(22)5-1)18-20-8-9-25-23(15-20)16-26(29-25)11-14-28-12-4-3-7-24(28)17-26/h1-2,5-6,8-9,15,24H,3-4,7,10-14,16-19H2. The molecule has 6 rings (SSSR count). The summed E-state index contributed by atoms with van der Waals surface area (Å²) in [5.41, 5.74) is 6.00. The fraction of sp³-hybridized carbons (Fsp3) is 0.538. The van der Waals surface area contributed by atoms with Gasteiger partial charge in [-0.3, -0.25) is 4.90 Å². The van der Waals surface area contributed by atoms with Crippen LogP contribution < -0.4 is 4.74 Å². The molecule has 2 saturated heterocycles. The lowest BCUT2D eigenvalue weighted by molar-refractivity contribution is -0.0249. The zero-order valence-electron chi connectivity index (χ0n) is 17.4. The first-order valence-electron chi connectivity index (χ1n) is 11.6. The molecule has 152 valence electrons. The van der Waals surface area contributed by atoms with Gasteiger partial charge in [-0.1, -0.05) is 42.8 Å². The maximum Gasteiger partial charge on any atom is 0.123 e. The van der Waals surface area contributed by atoms with Crippen LogP contribution in [0.5, 0.6) is 5.75 Å². The van der Waals surface area contributed by atoms with Gasteiger partial charge in [-0.05, 0) is 54.1 Å². The molecule has 1 spiro atoms. The molecule has 2 atom stereocenters. The molecular formula is C26H32N2O. The zero-order chi connectivity index (χ0) is 19.3. The molecule has 0 radical (unpaired) electrons. The minimum atomic E-state index is 0.0729. The summed E-state index contributed by atoms with van der Waals surface area (Å²) in [6.45, 7) is 5.80. The number of benzene rings is 2. The predicted octanol–water partition coefficient (Wildman–Crippen LogP) is 4.57. The Morgan fingerprint density at radius 1 is 0.966 bits per heavy atom. The fourth-order valence-corrected chi connectivity index (χ4v) is 6.25. The summed E-state index contributed by atoms with van der Waals surface area (Å²) in [4.78, 5) is 5.32. The van der Waals surface area contributed by atoms with Crippen LogP contribution in [0.1, 0.15) is 54.4 Å². The molecule has 3 heteroatoms. The lowest BCUT2D eigenvalue weighted by Gasteiger charge is -2.46. The molecule has 2 fully saturated rings. The third kappa shape index (κ3) is 3.39. The van der Waals surface area contributed by atoms with Gasteiger partial charge in [-0.2, -0.15) is 0 Å². The van der Waals surface area contributed by atoms with Crippen LogP contribution in [0.4, 0.5) is 0 Å². The van der Waals surface area contributed by atoms with E-state index in [4.69, 9.17) is 4.74 Å². The van der Waals surface area contributed by atoms with Crippen LogP contribution in [0.2, 0.25) is 0 Å². The monoisotopic (exact) mass is 388 g/mol. The van der Waals surface area contributed by atoms with Gasteiger partial charge in [0.15, 0.2) is 0 Å². The Morgan fingerprint density at radius 3 is 2.86 bits per heavy atom. The maximum atomic E-state index is 6.64. The van der Waals surface area contributed by atoms with Crippen LogP contribution in [-0.4, -0.2) is 41.1 Å². The van der Waals surface area contributed by atoms with Crippen molar-refractivity contribution in [1.82, 2.24) is 9.80 Å². The van der Waals surface area contributed by atoms with Gasteiger partial charge in [0.1, 0.15) is 11.4 Å². The lowest BCUT2D eigenvalue weighted by atomic mass is 9.80. The Kier molecular flexibility index (Phi) is 4.42. The van der Waals surface area contributed by atoms with E-state index in [1.165, 1.54) is 73.9 Å². The molecule has 0 bridgehead atoms. The van der Waals surface area contributed by atoms with Crippen molar-refractivity contribution in [3.8, 4) is 5.75 Å². The summed E-state index contributed by atoms with van der Waals surface area (Å²) in [7, 11) is 0. The van der Waals surface area contributed by atoms with E-state index in [2.05, 4.69) is 52.3 Å². The number of nitrogens with zero attached hydrogens (tertiary/aromatic N) is 2. The number of fused-ring (bicyclic) bond motifs is 3. The average Bonchev–Trinajstić information content (AvgIpc) is 3.10. The van der Waals surface area contributed by atoms with E-state index in [9.17, 15) is 0 Å². The first kappa shape index (κ1) is 18.0. The number of rotatable bonds is 2. The van der Waals surface area contributed by atoms with E-state index in [1.54, 1.807) is 0 Å². The molecule has 0 aromatic heterocycles. The molecule has 2 unspecified atom stereocenters.